The number of carboxylic acids is 1. The fourth-order valence-corrected chi connectivity index (χ4v) is 1.50. The molecule has 0 radical (unpaired) electrons. The maximum Gasteiger partial charge on any atom is 0.323 e. The second-order valence-electron chi connectivity index (χ2n) is 4.58. The van der Waals surface area contributed by atoms with Gasteiger partial charge in [-0.2, -0.15) is 0 Å². The predicted molar refractivity (Wildman–Crippen MR) is 69.6 cm³/mol. The molecule has 0 rings (SSSR count). The van der Waals surface area contributed by atoms with Gasteiger partial charge < -0.3 is 25.5 Å². The Morgan fingerprint density at radius 2 is 1.63 bits per heavy atom. The van der Waals surface area contributed by atoms with E-state index in [4.69, 9.17) is 10.8 Å². The molecule has 0 saturated heterocycles. The average molecular weight is 274 g/mol. The van der Waals surface area contributed by atoms with E-state index in [-0.39, 0.29) is 0 Å². The number of rotatable bonds is 8. The molecular weight excluding hydrogens is 252 g/mol. The standard InChI is InChI=1S/C11H22N4O4/c1-13(2)5-4-6-14(3)11(19)15(7-9(12)16)8-10(17)18/h4-8H2,1-3H3,(H2,12,16)(H,17,18). The highest BCUT2D eigenvalue weighted by Gasteiger charge is 2.21. The fraction of sp³-hybridized carbons (Fsp3) is 0.727. The minimum atomic E-state index is -1.18. The van der Waals surface area contributed by atoms with E-state index in [0.717, 1.165) is 17.9 Å². The number of carboxylic acid groups (broad SMARTS) is 1. The number of aliphatic carboxylic acids is 1. The zero-order valence-corrected chi connectivity index (χ0v) is 11.6. The number of amides is 3. The van der Waals surface area contributed by atoms with Crippen molar-refractivity contribution in [3.05, 3.63) is 0 Å². The van der Waals surface area contributed by atoms with Crippen molar-refractivity contribution >= 4 is 17.9 Å². The molecule has 110 valence electrons. The van der Waals surface area contributed by atoms with Crippen molar-refractivity contribution in [2.75, 3.05) is 47.3 Å². The molecule has 0 aromatic rings. The lowest BCUT2D eigenvalue weighted by atomic mass is 10.3. The van der Waals surface area contributed by atoms with Crippen LogP contribution < -0.4 is 5.73 Å². The first kappa shape index (κ1) is 17.2. The van der Waals surface area contributed by atoms with Gasteiger partial charge in [0.1, 0.15) is 13.1 Å². The number of urea groups is 1. The number of hydrogen-bond acceptors (Lipinski definition) is 4. The zero-order chi connectivity index (χ0) is 15.0. The van der Waals surface area contributed by atoms with Gasteiger partial charge in [0.2, 0.25) is 5.91 Å². The minimum absolute atomic E-state index is 0.400. The summed E-state index contributed by atoms with van der Waals surface area (Å²) >= 11 is 0. The molecule has 0 heterocycles. The maximum atomic E-state index is 12.0. The molecule has 3 N–H and O–H groups in total. The van der Waals surface area contributed by atoms with Crippen molar-refractivity contribution in [1.29, 1.82) is 0 Å². The van der Waals surface area contributed by atoms with Crippen LogP contribution in [0.15, 0.2) is 0 Å². The van der Waals surface area contributed by atoms with Crippen LogP contribution in [-0.2, 0) is 9.59 Å². The molecule has 0 aliphatic rings. The number of carbonyl (C=O) groups excluding carboxylic acids is 2. The van der Waals surface area contributed by atoms with Crippen molar-refractivity contribution < 1.29 is 19.5 Å². The van der Waals surface area contributed by atoms with Crippen LogP contribution in [0.1, 0.15) is 6.42 Å². The van der Waals surface area contributed by atoms with E-state index in [1.807, 2.05) is 19.0 Å². The van der Waals surface area contributed by atoms with Gasteiger partial charge in [-0.1, -0.05) is 0 Å². The van der Waals surface area contributed by atoms with Gasteiger partial charge in [-0.3, -0.25) is 9.59 Å². The first-order valence-corrected chi connectivity index (χ1v) is 5.89. The van der Waals surface area contributed by atoms with Crippen LogP contribution in [0, 0.1) is 0 Å². The molecule has 0 atom stereocenters. The Morgan fingerprint density at radius 3 is 2.05 bits per heavy atom. The summed E-state index contributed by atoms with van der Waals surface area (Å²) in [6, 6.07) is -0.514. The normalized spacial score (nSPS) is 10.3. The van der Waals surface area contributed by atoms with Gasteiger partial charge in [-0.15, -0.1) is 0 Å². The largest absolute Gasteiger partial charge is 0.480 e. The molecule has 0 aromatic carbocycles. The summed E-state index contributed by atoms with van der Waals surface area (Å²) in [6.45, 7) is 0.348. The average Bonchev–Trinajstić information content (AvgIpc) is 2.25. The Labute approximate surface area is 112 Å². The molecule has 0 aliphatic heterocycles. The van der Waals surface area contributed by atoms with Gasteiger partial charge >= 0.3 is 12.0 Å². The summed E-state index contributed by atoms with van der Waals surface area (Å²) in [4.78, 5) is 37.7. The molecule has 0 bridgehead atoms. The lowest BCUT2D eigenvalue weighted by molar-refractivity contribution is -0.138. The van der Waals surface area contributed by atoms with Gasteiger partial charge in [-0.25, -0.2) is 4.79 Å². The van der Waals surface area contributed by atoms with E-state index >= 15 is 0 Å². The summed E-state index contributed by atoms with van der Waals surface area (Å²) in [5, 5.41) is 8.71. The number of nitrogens with zero attached hydrogens (tertiary/aromatic N) is 3. The predicted octanol–water partition coefficient (Wildman–Crippen LogP) is -1.14. The summed E-state index contributed by atoms with van der Waals surface area (Å²) in [5.74, 6) is -1.92. The molecule has 0 unspecified atom stereocenters. The van der Waals surface area contributed by atoms with Crippen LogP contribution in [0.4, 0.5) is 4.79 Å². The van der Waals surface area contributed by atoms with E-state index < -0.39 is 31.0 Å². The fourth-order valence-electron chi connectivity index (χ4n) is 1.50. The van der Waals surface area contributed by atoms with Crippen LogP contribution in [0.5, 0.6) is 0 Å². The molecule has 19 heavy (non-hydrogen) atoms. The van der Waals surface area contributed by atoms with E-state index in [1.54, 1.807) is 7.05 Å². The van der Waals surface area contributed by atoms with E-state index in [1.165, 1.54) is 4.90 Å². The molecule has 8 heteroatoms. The first-order chi connectivity index (χ1) is 8.73. The monoisotopic (exact) mass is 274 g/mol. The molecule has 8 nitrogen and oxygen atoms in total. The van der Waals surface area contributed by atoms with Crippen molar-refractivity contribution in [3.63, 3.8) is 0 Å². The summed E-state index contributed by atoms with van der Waals surface area (Å²) in [6.07, 6.45) is 0.757. The smallest absolute Gasteiger partial charge is 0.323 e. The topological polar surface area (TPSA) is 107 Å². The van der Waals surface area contributed by atoms with Crippen LogP contribution in [0.2, 0.25) is 0 Å². The highest BCUT2D eigenvalue weighted by Crippen LogP contribution is 1.99. The van der Waals surface area contributed by atoms with Crippen LogP contribution in [-0.4, -0.2) is 85.0 Å². The lowest BCUT2D eigenvalue weighted by Crippen LogP contribution is -2.47. The second kappa shape index (κ2) is 8.30. The van der Waals surface area contributed by atoms with Gasteiger partial charge in [0.05, 0.1) is 0 Å². The third-order valence-corrected chi connectivity index (χ3v) is 2.37. The SMILES string of the molecule is CN(C)CCCN(C)C(=O)N(CC(N)=O)CC(=O)O. The third kappa shape index (κ3) is 7.98. The quantitative estimate of drug-likeness (QED) is 0.582. The van der Waals surface area contributed by atoms with Crippen LogP contribution >= 0.6 is 0 Å². The highest BCUT2D eigenvalue weighted by atomic mass is 16.4. The third-order valence-electron chi connectivity index (χ3n) is 2.37. The van der Waals surface area contributed by atoms with Crippen molar-refractivity contribution in [2.45, 2.75) is 6.42 Å². The van der Waals surface area contributed by atoms with Crippen molar-refractivity contribution in [2.24, 2.45) is 5.73 Å². The second-order valence-corrected chi connectivity index (χ2v) is 4.58. The maximum absolute atomic E-state index is 12.0. The Bertz CT molecular complexity index is 317. The van der Waals surface area contributed by atoms with Crippen molar-refractivity contribution in [3.8, 4) is 0 Å². The van der Waals surface area contributed by atoms with E-state index in [9.17, 15) is 14.4 Å². The van der Waals surface area contributed by atoms with E-state index in [2.05, 4.69) is 0 Å². The molecule has 0 aromatic heterocycles. The van der Waals surface area contributed by atoms with Gasteiger partial charge in [0.25, 0.3) is 0 Å². The Morgan fingerprint density at radius 1 is 1.05 bits per heavy atom. The summed E-state index contributed by atoms with van der Waals surface area (Å²) in [7, 11) is 5.41. The Hall–Kier alpha value is -1.83. The Balaban J connectivity index is 4.42. The first-order valence-electron chi connectivity index (χ1n) is 5.89. The molecule has 3 amide bonds. The number of primary amides is 1. The van der Waals surface area contributed by atoms with Crippen LogP contribution in [0.25, 0.3) is 0 Å². The molecule has 0 spiro atoms. The van der Waals surface area contributed by atoms with Crippen LogP contribution in [0.3, 0.4) is 0 Å². The summed E-state index contributed by atoms with van der Waals surface area (Å²) in [5.41, 5.74) is 5.00. The lowest BCUT2D eigenvalue weighted by Gasteiger charge is -2.26. The number of hydrogen-bond donors (Lipinski definition) is 2. The highest BCUT2D eigenvalue weighted by molar-refractivity contribution is 5.85. The van der Waals surface area contributed by atoms with Gasteiger partial charge in [0, 0.05) is 13.6 Å². The molecule has 0 fully saturated rings. The van der Waals surface area contributed by atoms with Crippen molar-refractivity contribution in [1.82, 2.24) is 14.7 Å². The molecule has 0 aliphatic carbocycles. The summed E-state index contributed by atoms with van der Waals surface area (Å²) < 4.78 is 0. The zero-order valence-electron chi connectivity index (χ0n) is 11.6. The van der Waals surface area contributed by atoms with Gasteiger partial charge in [0.15, 0.2) is 0 Å². The minimum Gasteiger partial charge on any atom is -0.480 e. The number of carbonyl (C=O) groups is 3. The Kier molecular flexibility index (Phi) is 7.50. The van der Waals surface area contributed by atoms with E-state index in [0.29, 0.717) is 6.54 Å². The molecular formula is C11H22N4O4. The number of nitrogens with two attached hydrogens (primary N) is 1. The molecule has 0 saturated carbocycles. The van der Waals surface area contributed by atoms with Gasteiger partial charge in [-0.05, 0) is 27.1 Å².